The van der Waals surface area contributed by atoms with E-state index in [9.17, 15) is 0 Å². The number of allylic oxidation sites excluding steroid dienone is 2. The van der Waals surface area contributed by atoms with E-state index in [1.165, 1.54) is 0 Å². The van der Waals surface area contributed by atoms with Crippen LogP contribution in [0.4, 0.5) is 5.69 Å². The Labute approximate surface area is 118 Å². The van der Waals surface area contributed by atoms with Crippen molar-refractivity contribution in [3.8, 4) is 18.2 Å². The molecule has 0 amide bonds. The molecule has 0 heterocycles. The van der Waals surface area contributed by atoms with E-state index < -0.39 is 0 Å². The van der Waals surface area contributed by atoms with Crippen molar-refractivity contribution in [1.82, 2.24) is 0 Å². The Morgan fingerprint density at radius 2 is 1.83 bits per heavy atom. The molecule has 0 atom stereocenters. The van der Waals surface area contributed by atoms with Crippen molar-refractivity contribution in [3.63, 3.8) is 0 Å². The molecule has 0 saturated heterocycles. The zero-order chi connectivity index (χ0) is 13.7. The van der Waals surface area contributed by atoms with Crippen LogP contribution in [0.2, 0.25) is 5.02 Å². The topological polar surface area (TPSA) is 83.4 Å². The summed E-state index contributed by atoms with van der Waals surface area (Å²) >= 11 is 9.17. The van der Waals surface area contributed by atoms with E-state index in [0.29, 0.717) is 15.2 Å². The van der Waals surface area contributed by atoms with E-state index in [0.717, 1.165) is 5.56 Å². The van der Waals surface area contributed by atoms with Gasteiger partial charge in [0.15, 0.2) is 5.57 Å². The number of halogens is 2. The van der Waals surface area contributed by atoms with Crippen LogP contribution < -0.4 is 5.32 Å². The lowest BCUT2D eigenvalue weighted by molar-refractivity contribution is 1.34. The van der Waals surface area contributed by atoms with Crippen molar-refractivity contribution in [2.24, 2.45) is 0 Å². The molecule has 1 N–H and O–H groups in total. The second-order valence-corrected chi connectivity index (χ2v) is 4.58. The third kappa shape index (κ3) is 3.02. The third-order valence-corrected chi connectivity index (χ3v) is 2.93. The summed E-state index contributed by atoms with van der Waals surface area (Å²) in [5.41, 5.74) is 1.03. The van der Waals surface area contributed by atoms with Gasteiger partial charge in [0.25, 0.3) is 0 Å². The lowest BCUT2D eigenvalue weighted by Crippen LogP contribution is -2.03. The lowest BCUT2D eigenvalue weighted by Gasteiger charge is -2.11. The van der Waals surface area contributed by atoms with Crippen molar-refractivity contribution in [3.05, 3.63) is 38.5 Å². The molecule has 18 heavy (non-hydrogen) atoms. The molecule has 0 radical (unpaired) electrons. The minimum absolute atomic E-state index is 0.0916. The van der Waals surface area contributed by atoms with Gasteiger partial charge in [0.05, 0.1) is 5.69 Å². The molecule has 88 valence electrons. The molecule has 6 heteroatoms. The van der Waals surface area contributed by atoms with Gasteiger partial charge in [0.2, 0.25) is 0 Å². The van der Waals surface area contributed by atoms with Crippen molar-refractivity contribution in [2.75, 3.05) is 5.32 Å². The first-order chi connectivity index (χ1) is 8.53. The predicted molar refractivity (Wildman–Crippen MR) is 71.4 cm³/mol. The maximum atomic E-state index is 8.94. The second-order valence-electron chi connectivity index (χ2n) is 3.29. The highest BCUT2D eigenvalue weighted by Gasteiger charge is 2.11. The van der Waals surface area contributed by atoms with Crippen molar-refractivity contribution in [1.29, 1.82) is 15.8 Å². The first-order valence-electron chi connectivity index (χ1n) is 4.70. The molecule has 1 rings (SSSR count). The first kappa shape index (κ1) is 14.1. The molecule has 0 aliphatic carbocycles. The van der Waals surface area contributed by atoms with Gasteiger partial charge >= 0.3 is 0 Å². The Morgan fingerprint density at radius 3 is 2.28 bits per heavy atom. The highest BCUT2D eigenvalue weighted by molar-refractivity contribution is 9.10. The summed E-state index contributed by atoms with van der Waals surface area (Å²) in [5, 5.41) is 29.7. The number of nitrogens with zero attached hydrogens (tertiary/aromatic N) is 3. The minimum atomic E-state index is -0.265. The zero-order valence-corrected chi connectivity index (χ0v) is 11.6. The fourth-order valence-corrected chi connectivity index (χ4v) is 2.33. The molecule has 0 aromatic heterocycles. The molecule has 0 saturated carbocycles. The third-order valence-electron chi connectivity index (χ3n) is 2.09. The minimum Gasteiger partial charge on any atom is -0.344 e. The van der Waals surface area contributed by atoms with E-state index in [-0.39, 0.29) is 11.3 Å². The maximum absolute atomic E-state index is 8.94. The Kier molecular flexibility index (Phi) is 4.75. The molecule has 4 nitrogen and oxygen atoms in total. The highest BCUT2D eigenvalue weighted by Crippen LogP contribution is 2.31. The van der Waals surface area contributed by atoms with E-state index in [2.05, 4.69) is 21.2 Å². The Balaban J connectivity index is 3.30. The molecule has 1 aromatic carbocycles. The van der Waals surface area contributed by atoms with Crippen molar-refractivity contribution < 1.29 is 0 Å². The van der Waals surface area contributed by atoms with Crippen LogP contribution in [0.25, 0.3) is 0 Å². The SMILES string of the molecule is Cc1cc(Cl)cc(Br)c1NC(C#N)=C(C#N)C#N. The standard InChI is InChI=1S/C12H6BrClN4/c1-7-2-9(14)3-10(13)12(7)18-11(6-17)8(4-15)5-16/h2-3,18H,1H3. The van der Waals surface area contributed by atoms with Crippen LogP contribution in [0, 0.1) is 40.9 Å². The molecule has 0 aliphatic rings. The van der Waals surface area contributed by atoms with Crippen LogP contribution in [-0.2, 0) is 0 Å². The van der Waals surface area contributed by atoms with Crippen molar-refractivity contribution >= 4 is 33.2 Å². The molecular weight excluding hydrogens is 316 g/mol. The fourth-order valence-electron chi connectivity index (χ4n) is 1.27. The number of hydrogen-bond donors (Lipinski definition) is 1. The van der Waals surface area contributed by atoms with E-state index in [4.69, 9.17) is 27.4 Å². The summed E-state index contributed by atoms with van der Waals surface area (Å²) in [5.74, 6) is 0. The summed E-state index contributed by atoms with van der Waals surface area (Å²) in [7, 11) is 0. The number of benzene rings is 1. The quantitative estimate of drug-likeness (QED) is 0.843. The van der Waals surface area contributed by atoms with E-state index in [1.54, 1.807) is 37.3 Å². The van der Waals surface area contributed by atoms with Gasteiger partial charge in [-0.15, -0.1) is 0 Å². The number of hydrogen-bond acceptors (Lipinski definition) is 4. The molecule has 0 spiro atoms. The van der Waals surface area contributed by atoms with Gasteiger partial charge < -0.3 is 5.32 Å². The summed E-state index contributed by atoms with van der Waals surface area (Å²) in [4.78, 5) is 0. The normalized spacial score (nSPS) is 8.67. The second kappa shape index (κ2) is 6.07. The average molecular weight is 322 g/mol. The van der Waals surface area contributed by atoms with E-state index in [1.807, 2.05) is 0 Å². The van der Waals surface area contributed by atoms with Crippen LogP contribution in [0.3, 0.4) is 0 Å². The molecular formula is C12H6BrClN4. The smallest absolute Gasteiger partial charge is 0.163 e. The Morgan fingerprint density at radius 1 is 1.22 bits per heavy atom. The average Bonchev–Trinajstić information content (AvgIpc) is 2.32. The first-order valence-corrected chi connectivity index (χ1v) is 5.87. The van der Waals surface area contributed by atoms with Gasteiger partial charge in [-0.2, -0.15) is 15.8 Å². The van der Waals surface area contributed by atoms with Crippen LogP contribution in [-0.4, -0.2) is 0 Å². The van der Waals surface area contributed by atoms with Gasteiger partial charge in [-0.05, 0) is 40.5 Å². The van der Waals surface area contributed by atoms with Crippen LogP contribution in [0.1, 0.15) is 5.56 Å². The van der Waals surface area contributed by atoms with Gasteiger partial charge in [0, 0.05) is 9.50 Å². The molecule has 0 fully saturated rings. The molecule has 0 bridgehead atoms. The maximum Gasteiger partial charge on any atom is 0.163 e. The number of anilines is 1. The number of nitrogens with one attached hydrogen (secondary N) is 1. The lowest BCUT2D eigenvalue weighted by atomic mass is 10.2. The Bertz CT molecular complexity index is 605. The number of rotatable bonds is 2. The Hall–Kier alpha value is -2.00. The van der Waals surface area contributed by atoms with Gasteiger partial charge in [-0.1, -0.05) is 11.6 Å². The number of aryl methyl sites for hydroxylation is 1. The largest absolute Gasteiger partial charge is 0.344 e. The van der Waals surface area contributed by atoms with Gasteiger partial charge in [-0.25, -0.2) is 0 Å². The van der Waals surface area contributed by atoms with Crippen LogP contribution in [0.15, 0.2) is 27.9 Å². The van der Waals surface area contributed by atoms with Gasteiger partial charge in [0.1, 0.15) is 23.9 Å². The molecule has 0 unspecified atom stereocenters. The molecule has 1 aromatic rings. The summed E-state index contributed by atoms with van der Waals surface area (Å²) < 4.78 is 0.649. The monoisotopic (exact) mass is 320 g/mol. The molecule has 0 aliphatic heterocycles. The highest BCUT2D eigenvalue weighted by atomic mass is 79.9. The number of nitriles is 3. The van der Waals surface area contributed by atoms with Crippen LogP contribution in [0.5, 0.6) is 0 Å². The summed E-state index contributed by atoms with van der Waals surface area (Å²) in [6.45, 7) is 1.80. The van der Waals surface area contributed by atoms with E-state index >= 15 is 0 Å². The fraction of sp³-hybridized carbons (Fsp3) is 0.0833. The van der Waals surface area contributed by atoms with Crippen LogP contribution >= 0.6 is 27.5 Å². The van der Waals surface area contributed by atoms with Crippen molar-refractivity contribution in [2.45, 2.75) is 6.92 Å². The summed E-state index contributed by atoms with van der Waals surface area (Å²) in [6, 6.07) is 8.49. The zero-order valence-electron chi connectivity index (χ0n) is 9.25. The van der Waals surface area contributed by atoms with Gasteiger partial charge in [-0.3, -0.25) is 0 Å². The predicted octanol–water partition coefficient (Wildman–Crippen LogP) is 3.65. The summed E-state index contributed by atoms with van der Waals surface area (Å²) in [6.07, 6.45) is 0.